The van der Waals surface area contributed by atoms with Gasteiger partial charge in [-0.1, -0.05) is 74.3 Å². The molecule has 112 valence electrons. The molecular weight excluding hydrogens is 408 g/mol. The van der Waals surface area contributed by atoms with E-state index in [9.17, 15) is 4.79 Å². The maximum Gasteiger partial charge on any atom is 0.235 e. The molecule has 22 heavy (non-hydrogen) atoms. The van der Waals surface area contributed by atoms with Gasteiger partial charge >= 0.3 is 0 Å². The third-order valence-electron chi connectivity index (χ3n) is 3.18. The van der Waals surface area contributed by atoms with Crippen molar-refractivity contribution in [3.05, 3.63) is 71.3 Å². The molecule has 0 heterocycles. The highest BCUT2D eigenvalue weighted by Crippen LogP contribution is 2.31. The molecule has 0 saturated carbocycles. The minimum Gasteiger partial charge on any atom is -0.351 e. The van der Waals surface area contributed by atoms with Gasteiger partial charge in [-0.05, 0) is 23.3 Å². The van der Waals surface area contributed by atoms with Crippen LogP contribution in [0.1, 0.15) is 21.5 Å². The summed E-state index contributed by atoms with van der Waals surface area (Å²) in [5.74, 6) is -0.0879. The van der Waals surface area contributed by atoms with Crippen molar-refractivity contribution >= 4 is 37.8 Å². The number of nitrogens with one attached hydrogen (secondary N) is 1. The zero-order valence-corrected chi connectivity index (χ0v) is 14.8. The molecule has 0 unspecified atom stereocenters. The van der Waals surface area contributed by atoms with Gasteiger partial charge in [-0.15, -0.1) is 0 Å². The van der Waals surface area contributed by atoms with E-state index in [2.05, 4.69) is 43.2 Å². The molecule has 1 amide bonds. The highest BCUT2D eigenvalue weighted by atomic mass is 79.9. The fraction of sp³-hybridized carbons (Fsp3) is 0.176. The van der Waals surface area contributed by atoms with Crippen molar-refractivity contribution in [2.45, 2.75) is 16.2 Å². The van der Waals surface area contributed by atoms with Gasteiger partial charge in [0.2, 0.25) is 5.91 Å². The summed E-state index contributed by atoms with van der Waals surface area (Å²) in [5, 5.41) is 11.7. The Kier molecular flexibility index (Phi) is 6.17. The van der Waals surface area contributed by atoms with Gasteiger partial charge in [-0.25, -0.2) is 0 Å². The average molecular weight is 422 g/mol. The number of carbonyl (C=O) groups excluding carboxylic acids is 1. The van der Waals surface area contributed by atoms with Crippen molar-refractivity contribution in [1.82, 2.24) is 5.32 Å². The third-order valence-corrected chi connectivity index (χ3v) is 5.89. The second kappa shape index (κ2) is 8.11. The molecule has 2 rings (SSSR count). The summed E-state index contributed by atoms with van der Waals surface area (Å²) in [6.45, 7) is 0.495. The monoisotopic (exact) mass is 420 g/mol. The van der Waals surface area contributed by atoms with Gasteiger partial charge in [-0.3, -0.25) is 4.79 Å². The molecule has 0 aliphatic rings. The molecule has 0 spiro atoms. The number of benzene rings is 2. The fourth-order valence-corrected chi connectivity index (χ4v) is 2.94. The van der Waals surface area contributed by atoms with Gasteiger partial charge in [0.15, 0.2) is 0 Å². The molecule has 0 fully saturated rings. The van der Waals surface area contributed by atoms with Crippen LogP contribution in [-0.2, 0) is 11.3 Å². The first-order valence-corrected chi connectivity index (χ1v) is 8.55. The molecule has 0 aliphatic carbocycles. The van der Waals surface area contributed by atoms with E-state index in [1.54, 1.807) is 12.1 Å². The predicted octanol–water partition coefficient (Wildman–Crippen LogP) is 4.07. The minimum atomic E-state index is -0.399. The van der Waals surface area contributed by atoms with E-state index in [-0.39, 0.29) is 10.7 Å². The summed E-state index contributed by atoms with van der Waals surface area (Å²) in [7, 11) is 0. The number of amides is 1. The SMILES string of the molecule is N#Cc1ccc([C@@H](Br)[C@H](Br)C(=O)NCc2ccccc2)cc1. The lowest BCUT2D eigenvalue weighted by Crippen LogP contribution is -2.32. The fourth-order valence-electron chi connectivity index (χ4n) is 1.93. The molecule has 2 atom stereocenters. The summed E-state index contributed by atoms with van der Waals surface area (Å²) in [6, 6.07) is 19.0. The molecule has 0 radical (unpaired) electrons. The molecular formula is C17H14Br2N2O. The summed E-state index contributed by atoms with van der Waals surface area (Å²) >= 11 is 6.96. The molecule has 2 aromatic rings. The summed E-state index contributed by atoms with van der Waals surface area (Å²) in [5.41, 5.74) is 2.60. The topological polar surface area (TPSA) is 52.9 Å². The lowest BCUT2D eigenvalue weighted by atomic mass is 10.1. The Labute approximate surface area is 146 Å². The van der Waals surface area contributed by atoms with E-state index < -0.39 is 4.83 Å². The molecule has 1 N–H and O–H groups in total. The van der Waals surface area contributed by atoms with Gasteiger partial charge in [0.25, 0.3) is 0 Å². The van der Waals surface area contributed by atoms with Crippen LogP contribution in [0.3, 0.4) is 0 Å². The van der Waals surface area contributed by atoms with Crippen LogP contribution < -0.4 is 5.32 Å². The van der Waals surface area contributed by atoms with E-state index in [1.165, 1.54) is 0 Å². The van der Waals surface area contributed by atoms with Crippen LogP contribution in [0.5, 0.6) is 0 Å². The van der Waals surface area contributed by atoms with E-state index in [4.69, 9.17) is 5.26 Å². The van der Waals surface area contributed by atoms with Crippen molar-refractivity contribution in [3.8, 4) is 6.07 Å². The van der Waals surface area contributed by atoms with E-state index in [0.717, 1.165) is 11.1 Å². The van der Waals surface area contributed by atoms with Crippen LogP contribution >= 0.6 is 31.9 Å². The van der Waals surface area contributed by atoms with Crippen LogP contribution in [0.25, 0.3) is 0 Å². The summed E-state index contributed by atoms with van der Waals surface area (Å²) in [4.78, 5) is 11.6. The average Bonchev–Trinajstić information content (AvgIpc) is 2.59. The van der Waals surface area contributed by atoms with Crippen molar-refractivity contribution in [3.63, 3.8) is 0 Å². The largest absolute Gasteiger partial charge is 0.351 e. The molecule has 3 nitrogen and oxygen atoms in total. The maximum atomic E-state index is 12.2. The zero-order valence-electron chi connectivity index (χ0n) is 11.7. The standard InChI is InChI=1S/C17H14Br2N2O/c18-15(14-8-6-12(10-20)7-9-14)16(19)17(22)21-11-13-4-2-1-3-5-13/h1-9,15-16H,11H2,(H,21,22)/t15-,16+/m1/s1. The van der Waals surface area contributed by atoms with Crippen LogP contribution in [0.2, 0.25) is 0 Å². The number of hydrogen-bond donors (Lipinski definition) is 1. The van der Waals surface area contributed by atoms with Crippen molar-refractivity contribution in [2.75, 3.05) is 0 Å². The number of nitriles is 1. The van der Waals surface area contributed by atoms with E-state index in [0.29, 0.717) is 12.1 Å². The normalized spacial score (nSPS) is 13.0. The van der Waals surface area contributed by atoms with Gasteiger partial charge in [0.1, 0.15) is 4.83 Å². The Balaban J connectivity index is 1.95. The molecule has 0 saturated heterocycles. The zero-order chi connectivity index (χ0) is 15.9. The quantitative estimate of drug-likeness (QED) is 0.739. The van der Waals surface area contributed by atoms with Gasteiger partial charge in [0.05, 0.1) is 16.5 Å². The highest BCUT2D eigenvalue weighted by Gasteiger charge is 2.24. The van der Waals surface area contributed by atoms with Crippen LogP contribution in [0, 0.1) is 11.3 Å². The Hall–Kier alpha value is -1.64. The van der Waals surface area contributed by atoms with Crippen molar-refractivity contribution in [1.29, 1.82) is 5.26 Å². The Morgan fingerprint density at radius 2 is 1.73 bits per heavy atom. The van der Waals surface area contributed by atoms with Crippen LogP contribution in [-0.4, -0.2) is 10.7 Å². The number of halogens is 2. The second-order valence-corrected chi connectivity index (χ2v) is 6.71. The summed E-state index contributed by atoms with van der Waals surface area (Å²) in [6.07, 6.45) is 0. The van der Waals surface area contributed by atoms with E-state index in [1.807, 2.05) is 42.5 Å². The summed E-state index contributed by atoms with van der Waals surface area (Å²) < 4.78 is 0. The van der Waals surface area contributed by atoms with Gasteiger partial charge in [0, 0.05) is 6.54 Å². The maximum absolute atomic E-state index is 12.2. The number of carbonyl (C=O) groups is 1. The Bertz CT molecular complexity index is 665. The number of rotatable bonds is 5. The Morgan fingerprint density at radius 1 is 1.09 bits per heavy atom. The molecule has 0 aliphatic heterocycles. The smallest absolute Gasteiger partial charge is 0.235 e. The molecule has 0 bridgehead atoms. The molecule has 5 heteroatoms. The molecule has 0 aromatic heterocycles. The lowest BCUT2D eigenvalue weighted by molar-refractivity contribution is -0.120. The van der Waals surface area contributed by atoms with Gasteiger partial charge in [-0.2, -0.15) is 5.26 Å². The molecule has 2 aromatic carbocycles. The van der Waals surface area contributed by atoms with Crippen LogP contribution in [0.15, 0.2) is 54.6 Å². The number of nitrogens with zero attached hydrogens (tertiary/aromatic N) is 1. The number of hydrogen-bond acceptors (Lipinski definition) is 2. The van der Waals surface area contributed by atoms with E-state index >= 15 is 0 Å². The van der Waals surface area contributed by atoms with Gasteiger partial charge < -0.3 is 5.32 Å². The first kappa shape index (κ1) is 16.7. The highest BCUT2D eigenvalue weighted by molar-refractivity contribution is 9.12. The number of alkyl halides is 2. The van der Waals surface area contributed by atoms with Crippen molar-refractivity contribution < 1.29 is 4.79 Å². The minimum absolute atomic E-state index is 0.0879. The first-order chi connectivity index (χ1) is 10.6. The third kappa shape index (κ3) is 4.43. The predicted molar refractivity (Wildman–Crippen MR) is 93.8 cm³/mol. The van der Waals surface area contributed by atoms with Crippen molar-refractivity contribution in [2.24, 2.45) is 0 Å². The Morgan fingerprint density at radius 3 is 2.32 bits per heavy atom. The first-order valence-electron chi connectivity index (χ1n) is 6.71. The lowest BCUT2D eigenvalue weighted by Gasteiger charge is -2.17. The van der Waals surface area contributed by atoms with Crippen LogP contribution in [0.4, 0.5) is 0 Å². The second-order valence-electron chi connectivity index (χ2n) is 4.74.